The zero-order valence-corrected chi connectivity index (χ0v) is 14.2. The molecule has 5 nitrogen and oxygen atoms in total. The van der Waals surface area contributed by atoms with Gasteiger partial charge in [-0.05, 0) is 50.4 Å². The van der Waals surface area contributed by atoms with E-state index in [1.165, 1.54) is 26.9 Å². The van der Waals surface area contributed by atoms with E-state index in [-0.39, 0.29) is 12.4 Å². The number of likely N-dealkylation sites (tertiary alicyclic amines) is 1. The van der Waals surface area contributed by atoms with Gasteiger partial charge in [0.2, 0.25) is 0 Å². The fourth-order valence-electron chi connectivity index (χ4n) is 3.00. The summed E-state index contributed by atoms with van der Waals surface area (Å²) in [5.41, 5.74) is 0.581. The van der Waals surface area contributed by atoms with Crippen molar-refractivity contribution in [2.24, 2.45) is 5.92 Å². The highest BCUT2D eigenvalue weighted by molar-refractivity contribution is 5.94. The van der Waals surface area contributed by atoms with Crippen LogP contribution < -0.4 is 9.47 Å². The van der Waals surface area contributed by atoms with E-state index in [0.29, 0.717) is 29.5 Å². The van der Waals surface area contributed by atoms with Crippen LogP contribution in [0.1, 0.15) is 37.0 Å². The monoisotopic (exact) mass is 321 g/mol. The lowest BCUT2D eigenvalue weighted by Gasteiger charge is -2.32. The van der Waals surface area contributed by atoms with Gasteiger partial charge in [-0.15, -0.1) is 0 Å². The van der Waals surface area contributed by atoms with E-state index >= 15 is 0 Å². The Labute approximate surface area is 138 Å². The predicted octanol–water partition coefficient (Wildman–Crippen LogP) is 2.37. The van der Waals surface area contributed by atoms with Crippen molar-refractivity contribution >= 4 is 5.78 Å². The molecular formula is C18H27NO4. The van der Waals surface area contributed by atoms with Gasteiger partial charge in [-0.3, -0.25) is 4.79 Å². The third-order valence-corrected chi connectivity index (χ3v) is 4.21. The van der Waals surface area contributed by atoms with Crippen LogP contribution in [0.15, 0.2) is 18.2 Å². The van der Waals surface area contributed by atoms with Crippen LogP contribution in [0.2, 0.25) is 0 Å². The maximum atomic E-state index is 11.4. The number of rotatable bonds is 7. The highest BCUT2D eigenvalue weighted by Gasteiger charge is 2.19. The van der Waals surface area contributed by atoms with Gasteiger partial charge in [0.15, 0.2) is 17.3 Å². The number of aliphatic hydroxyl groups is 1. The summed E-state index contributed by atoms with van der Waals surface area (Å²) in [4.78, 5) is 13.7. The van der Waals surface area contributed by atoms with E-state index in [0.717, 1.165) is 13.1 Å². The molecule has 1 aromatic rings. The smallest absolute Gasteiger partial charge is 0.161 e. The molecule has 1 aromatic carbocycles. The Morgan fingerprint density at radius 2 is 2.22 bits per heavy atom. The van der Waals surface area contributed by atoms with E-state index in [9.17, 15) is 9.90 Å². The van der Waals surface area contributed by atoms with Gasteiger partial charge in [-0.2, -0.15) is 0 Å². The van der Waals surface area contributed by atoms with E-state index in [2.05, 4.69) is 11.8 Å². The molecular weight excluding hydrogens is 294 g/mol. The molecule has 0 saturated carbocycles. The molecule has 0 bridgehead atoms. The van der Waals surface area contributed by atoms with Crippen LogP contribution in [0.4, 0.5) is 0 Å². The number of hydrogen-bond donors (Lipinski definition) is 1. The van der Waals surface area contributed by atoms with Crippen molar-refractivity contribution in [2.75, 3.05) is 33.4 Å². The van der Waals surface area contributed by atoms with Gasteiger partial charge in [-0.1, -0.05) is 6.92 Å². The lowest BCUT2D eigenvalue weighted by molar-refractivity contribution is 0.0529. The van der Waals surface area contributed by atoms with Crippen molar-refractivity contribution in [3.8, 4) is 11.5 Å². The molecule has 0 spiro atoms. The number of ether oxygens (including phenoxy) is 2. The maximum absolute atomic E-state index is 11.4. The fourth-order valence-corrected chi connectivity index (χ4v) is 3.00. The first-order chi connectivity index (χ1) is 11.0. The molecule has 1 saturated heterocycles. The minimum atomic E-state index is -0.544. The van der Waals surface area contributed by atoms with Gasteiger partial charge in [0.1, 0.15) is 12.7 Å². The lowest BCUT2D eigenvalue weighted by atomic mass is 10.0. The summed E-state index contributed by atoms with van der Waals surface area (Å²) >= 11 is 0. The number of piperidine rings is 1. The van der Waals surface area contributed by atoms with Crippen LogP contribution in [-0.2, 0) is 0 Å². The minimum absolute atomic E-state index is 0.0193. The predicted molar refractivity (Wildman–Crippen MR) is 89.3 cm³/mol. The van der Waals surface area contributed by atoms with Crippen molar-refractivity contribution in [1.82, 2.24) is 4.90 Å². The third-order valence-electron chi connectivity index (χ3n) is 4.21. The number of benzene rings is 1. The van der Waals surface area contributed by atoms with Gasteiger partial charge >= 0.3 is 0 Å². The topological polar surface area (TPSA) is 59.0 Å². The molecule has 2 atom stereocenters. The highest BCUT2D eigenvalue weighted by atomic mass is 16.5. The Morgan fingerprint density at radius 1 is 1.43 bits per heavy atom. The SMILES string of the molecule is COc1cc(C(C)=O)ccc1OC[C@@H](O)CN1CCC[C@@H](C)C1. The van der Waals surface area contributed by atoms with Crippen molar-refractivity contribution in [3.05, 3.63) is 23.8 Å². The zero-order chi connectivity index (χ0) is 16.8. The summed E-state index contributed by atoms with van der Waals surface area (Å²) in [6.45, 7) is 6.67. The summed E-state index contributed by atoms with van der Waals surface area (Å²) in [6, 6.07) is 5.08. The molecule has 1 aliphatic heterocycles. The third kappa shape index (κ3) is 5.22. The maximum Gasteiger partial charge on any atom is 0.161 e. The average Bonchev–Trinajstić information content (AvgIpc) is 2.52. The first kappa shape index (κ1) is 17.8. The molecule has 1 fully saturated rings. The van der Waals surface area contributed by atoms with Crippen molar-refractivity contribution < 1.29 is 19.4 Å². The van der Waals surface area contributed by atoms with Crippen molar-refractivity contribution in [1.29, 1.82) is 0 Å². The van der Waals surface area contributed by atoms with Crippen LogP contribution in [0, 0.1) is 5.92 Å². The number of carbonyl (C=O) groups is 1. The number of methoxy groups -OCH3 is 1. The first-order valence-corrected chi connectivity index (χ1v) is 8.21. The number of aliphatic hydroxyl groups excluding tert-OH is 1. The highest BCUT2D eigenvalue weighted by Crippen LogP contribution is 2.28. The van der Waals surface area contributed by atoms with E-state index in [1.807, 2.05) is 0 Å². The normalized spacial score (nSPS) is 20.1. The summed E-state index contributed by atoms with van der Waals surface area (Å²) in [7, 11) is 1.54. The Balaban J connectivity index is 1.88. The van der Waals surface area contributed by atoms with Crippen LogP contribution in [0.3, 0.4) is 0 Å². The Kier molecular flexibility index (Phi) is 6.42. The quantitative estimate of drug-likeness (QED) is 0.781. The van der Waals surface area contributed by atoms with Crippen molar-refractivity contribution in [3.63, 3.8) is 0 Å². The molecule has 23 heavy (non-hydrogen) atoms. The largest absolute Gasteiger partial charge is 0.493 e. The second-order valence-electron chi connectivity index (χ2n) is 6.39. The average molecular weight is 321 g/mol. The molecule has 0 radical (unpaired) electrons. The Hall–Kier alpha value is -1.59. The van der Waals surface area contributed by atoms with Gasteiger partial charge in [-0.25, -0.2) is 0 Å². The van der Waals surface area contributed by atoms with Gasteiger partial charge < -0.3 is 19.5 Å². The molecule has 5 heteroatoms. The molecule has 0 unspecified atom stereocenters. The second kappa shape index (κ2) is 8.31. The number of ketones is 1. The van der Waals surface area contributed by atoms with Crippen LogP contribution in [0.5, 0.6) is 11.5 Å². The van der Waals surface area contributed by atoms with Gasteiger partial charge in [0.25, 0.3) is 0 Å². The molecule has 128 valence electrons. The zero-order valence-electron chi connectivity index (χ0n) is 14.2. The van der Waals surface area contributed by atoms with Gasteiger partial charge in [0, 0.05) is 18.7 Å². The number of β-amino-alcohol motifs (C(OH)–C–C–N with tert-alkyl or cyclic N) is 1. The minimum Gasteiger partial charge on any atom is -0.493 e. The van der Waals surface area contributed by atoms with E-state index in [4.69, 9.17) is 9.47 Å². The summed E-state index contributed by atoms with van der Waals surface area (Å²) in [5.74, 6) is 1.73. The van der Waals surface area contributed by atoms with Gasteiger partial charge in [0.05, 0.1) is 7.11 Å². The number of nitrogens with zero attached hydrogens (tertiary/aromatic N) is 1. The number of hydrogen-bond acceptors (Lipinski definition) is 5. The molecule has 0 aliphatic carbocycles. The summed E-state index contributed by atoms with van der Waals surface area (Å²) in [6.07, 6.45) is 1.91. The molecule has 1 heterocycles. The van der Waals surface area contributed by atoms with Crippen LogP contribution in [-0.4, -0.2) is 55.2 Å². The summed E-state index contributed by atoms with van der Waals surface area (Å²) < 4.78 is 10.9. The van der Waals surface area contributed by atoms with E-state index in [1.54, 1.807) is 18.2 Å². The summed E-state index contributed by atoms with van der Waals surface area (Å²) in [5, 5.41) is 10.2. The second-order valence-corrected chi connectivity index (χ2v) is 6.39. The molecule has 0 amide bonds. The standard InChI is InChI=1S/C18H27NO4/c1-13-5-4-8-19(10-13)11-16(21)12-23-17-7-6-15(14(2)20)9-18(17)22-3/h6-7,9,13,16,21H,4-5,8,10-12H2,1-3H3/t13-,16+/m1/s1. The molecule has 1 aliphatic rings. The molecule has 1 N–H and O–H groups in total. The lowest BCUT2D eigenvalue weighted by Crippen LogP contribution is -2.41. The fraction of sp³-hybridized carbons (Fsp3) is 0.611. The Morgan fingerprint density at radius 3 is 2.87 bits per heavy atom. The van der Waals surface area contributed by atoms with E-state index < -0.39 is 6.10 Å². The first-order valence-electron chi connectivity index (χ1n) is 8.21. The van der Waals surface area contributed by atoms with Crippen molar-refractivity contribution in [2.45, 2.75) is 32.8 Å². The van der Waals surface area contributed by atoms with Crippen LogP contribution >= 0.6 is 0 Å². The Bertz CT molecular complexity index is 532. The molecule has 2 rings (SSSR count). The number of carbonyl (C=O) groups excluding carboxylic acids is 1. The van der Waals surface area contributed by atoms with Crippen LogP contribution in [0.25, 0.3) is 0 Å². The molecule has 0 aromatic heterocycles. The number of Topliss-reactive ketones (excluding diaryl/α,β-unsaturated/α-hetero) is 1.